The maximum Gasteiger partial charge on any atom is 0.317 e. The molecule has 3 amide bonds. The predicted molar refractivity (Wildman–Crippen MR) is 110 cm³/mol. The van der Waals surface area contributed by atoms with Gasteiger partial charge in [0.25, 0.3) is 11.5 Å². The number of carbonyl (C=O) groups is 2. The van der Waals surface area contributed by atoms with Crippen LogP contribution in [0.5, 0.6) is 0 Å². The van der Waals surface area contributed by atoms with Gasteiger partial charge >= 0.3 is 6.03 Å². The number of pyridine rings is 1. The van der Waals surface area contributed by atoms with E-state index in [2.05, 4.69) is 5.32 Å². The summed E-state index contributed by atoms with van der Waals surface area (Å²) in [5, 5.41) is 2.95. The van der Waals surface area contributed by atoms with Gasteiger partial charge in [-0.2, -0.15) is 11.8 Å². The summed E-state index contributed by atoms with van der Waals surface area (Å²) in [5.74, 6) is 2.13. The van der Waals surface area contributed by atoms with Crippen molar-refractivity contribution in [3.63, 3.8) is 0 Å². The van der Waals surface area contributed by atoms with Gasteiger partial charge in [-0.25, -0.2) is 4.79 Å². The quantitative estimate of drug-likeness (QED) is 0.830. The van der Waals surface area contributed by atoms with Crippen LogP contribution in [0.1, 0.15) is 41.7 Å². The van der Waals surface area contributed by atoms with Crippen LogP contribution >= 0.6 is 11.8 Å². The van der Waals surface area contributed by atoms with E-state index in [1.807, 2.05) is 29.7 Å². The van der Waals surface area contributed by atoms with Crippen LogP contribution in [-0.2, 0) is 6.54 Å². The zero-order valence-electron chi connectivity index (χ0n) is 16.4. The van der Waals surface area contributed by atoms with Gasteiger partial charge in [-0.1, -0.05) is 6.92 Å². The highest BCUT2D eigenvalue weighted by molar-refractivity contribution is 7.99. The third-order valence-electron chi connectivity index (χ3n) is 5.95. The zero-order valence-corrected chi connectivity index (χ0v) is 17.2. The van der Waals surface area contributed by atoms with Gasteiger partial charge in [-0.15, -0.1) is 0 Å². The lowest BCUT2D eigenvalue weighted by molar-refractivity contribution is 0.0768. The van der Waals surface area contributed by atoms with Crippen molar-refractivity contribution in [2.45, 2.75) is 32.2 Å². The Labute approximate surface area is 169 Å². The summed E-state index contributed by atoms with van der Waals surface area (Å²) in [7, 11) is 0. The highest BCUT2D eigenvalue weighted by atomic mass is 32.2. The maximum absolute atomic E-state index is 13.1. The van der Waals surface area contributed by atoms with Crippen LogP contribution in [0.2, 0.25) is 0 Å². The van der Waals surface area contributed by atoms with Crippen LogP contribution in [0.25, 0.3) is 0 Å². The van der Waals surface area contributed by atoms with E-state index in [1.54, 1.807) is 15.5 Å². The standard InChI is InChI=1S/C20H28N4O3S/c1-2-5-21-20(27)23-11-14-10-15(13-23)17-4-3-16(19(26)24(17)12-14)18(25)22-6-8-28-9-7-22/h3-4,14-15H,2,5-13H2,1H3,(H,21,27)/t14-,15+/m0/s1. The summed E-state index contributed by atoms with van der Waals surface area (Å²) in [6.45, 7) is 6.01. The molecule has 0 aliphatic carbocycles. The van der Waals surface area contributed by atoms with Crippen LogP contribution in [0.4, 0.5) is 4.79 Å². The van der Waals surface area contributed by atoms with Gasteiger partial charge < -0.3 is 19.7 Å². The average molecular weight is 405 g/mol. The van der Waals surface area contributed by atoms with E-state index < -0.39 is 0 Å². The van der Waals surface area contributed by atoms with Crippen molar-refractivity contribution < 1.29 is 9.59 Å². The van der Waals surface area contributed by atoms with Gasteiger partial charge in [0.2, 0.25) is 0 Å². The summed E-state index contributed by atoms with van der Waals surface area (Å²) >= 11 is 1.84. The van der Waals surface area contributed by atoms with Gasteiger partial charge in [0.05, 0.1) is 0 Å². The Morgan fingerprint density at radius 1 is 1.14 bits per heavy atom. The number of piperidine rings is 1. The number of carbonyl (C=O) groups excluding carboxylic acids is 2. The molecular weight excluding hydrogens is 376 g/mol. The van der Waals surface area contributed by atoms with Crippen LogP contribution in [0.3, 0.4) is 0 Å². The largest absolute Gasteiger partial charge is 0.338 e. The minimum Gasteiger partial charge on any atom is -0.338 e. The second kappa shape index (κ2) is 8.19. The number of amides is 3. The summed E-state index contributed by atoms with van der Waals surface area (Å²) in [6.07, 6.45) is 1.91. The Kier molecular flexibility index (Phi) is 5.66. The minimum atomic E-state index is -0.167. The summed E-state index contributed by atoms with van der Waals surface area (Å²) < 4.78 is 1.80. The monoisotopic (exact) mass is 404 g/mol. The van der Waals surface area contributed by atoms with E-state index in [9.17, 15) is 14.4 Å². The third-order valence-corrected chi connectivity index (χ3v) is 6.89. The molecule has 2 bridgehead atoms. The molecule has 2 atom stereocenters. The highest BCUT2D eigenvalue weighted by Crippen LogP contribution is 2.35. The number of urea groups is 1. The number of aromatic nitrogens is 1. The molecule has 8 heteroatoms. The summed E-state index contributed by atoms with van der Waals surface area (Å²) in [6, 6.07) is 3.62. The van der Waals surface area contributed by atoms with Crippen molar-refractivity contribution in [2.75, 3.05) is 44.2 Å². The van der Waals surface area contributed by atoms with Crippen molar-refractivity contribution in [1.82, 2.24) is 19.7 Å². The molecule has 4 heterocycles. The molecule has 1 N–H and O–H groups in total. The van der Waals surface area contributed by atoms with Crippen LogP contribution < -0.4 is 10.9 Å². The first-order chi connectivity index (χ1) is 13.6. The Balaban J connectivity index is 1.56. The van der Waals surface area contributed by atoms with E-state index in [1.165, 1.54) is 0 Å². The fraction of sp³-hybridized carbons (Fsp3) is 0.650. The number of nitrogens with one attached hydrogen (secondary N) is 1. The number of hydrogen-bond acceptors (Lipinski definition) is 4. The van der Waals surface area contributed by atoms with E-state index in [-0.39, 0.29) is 34.9 Å². The van der Waals surface area contributed by atoms with Crippen molar-refractivity contribution in [3.05, 3.63) is 33.7 Å². The fourth-order valence-electron chi connectivity index (χ4n) is 4.55. The number of hydrogen-bond donors (Lipinski definition) is 1. The molecule has 1 aromatic heterocycles. The second-order valence-electron chi connectivity index (χ2n) is 7.93. The van der Waals surface area contributed by atoms with Crippen molar-refractivity contribution in [2.24, 2.45) is 5.92 Å². The number of likely N-dealkylation sites (tertiary alicyclic amines) is 1. The Morgan fingerprint density at radius 2 is 1.93 bits per heavy atom. The smallest absolute Gasteiger partial charge is 0.317 e. The Hall–Kier alpha value is -1.96. The molecule has 4 rings (SSSR count). The maximum atomic E-state index is 13.1. The lowest BCUT2D eigenvalue weighted by atomic mass is 9.83. The molecule has 2 fully saturated rings. The van der Waals surface area contributed by atoms with Gasteiger partial charge in [0.1, 0.15) is 5.56 Å². The molecule has 152 valence electrons. The number of nitrogens with zero attached hydrogens (tertiary/aromatic N) is 3. The lowest BCUT2D eigenvalue weighted by Gasteiger charge is -2.42. The summed E-state index contributed by atoms with van der Waals surface area (Å²) in [4.78, 5) is 42.0. The molecule has 3 aliphatic rings. The predicted octanol–water partition coefficient (Wildman–Crippen LogP) is 1.58. The second-order valence-corrected chi connectivity index (χ2v) is 9.15. The zero-order chi connectivity index (χ0) is 19.7. The van der Waals surface area contributed by atoms with Gasteiger partial charge in [0, 0.05) is 62.4 Å². The van der Waals surface area contributed by atoms with E-state index in [0.29, 0.717) is 39.3 Å². The number of rotatable bonds is 3. The summed E-state index contributed by atoms with van der Waals surface area (Å²) in [5.41, 5.74) is 1.08. The molecule has 3 aliphatic heterocycles. The Morgan fingerprint density at radius 3 is 2.68 bits per heavy atom. The lowest BCUT2D eigenvalue weighted by Crippen LogP contribution is -2.52. The SMILES string of the molecule is CCCNC(=O)N1C[C@@H]2C[C@H](C1)c1ccc(C(=O)N3CCSCC3)c(=O)n1C2. The minimum absolute atomic E-state index is 0.0119. The molecule has 1 aromatic rings. The first-order valence-corrected chi connectivity index (χ1v) is 11.4. The molecule has 0 spiro atoms. The molecule has 0 saturated carbocycles. The van der Waals surface area contributed by atoms with Gasteiger partial charge in [-0.05, 0) is 30.9 Å². The van der Waals surface area contributed by atoms with Gasteiger partial charge in [-0.3, -0.25) is 9.59 Å². The van der Waals surface area contributed by atoms with E-state index in [4.69, 9.17) is 0 Å². The van der Waals surface area contributed by atoms with Crippen LogP contribution in [-0.4, -0.2) is 70.5 Å². The molecule has 0 aromatic carbocycles. The Bertz CT molecular complexity index is 818. The normalized spacial score (nSPS) is 23.9. The third kappa shape index (κ3) is 3.66. The van der Waals surface area contributed by atoms with Crippen molar-refractivity contribution in [1.29, 1.82) is 0 Å². The number of thioether (sulfide) groups is 1. The molecule has 2 saturated heterocycles. The van der Waals surface area contributed by atoms with Crippen molar-refractivity contribution >= 4 is 23.7 Å². The van der Waals surface area contributed by atoms with Gasteiger partial charge in [0.15, 0.2) is 0 Å². The first-order valence-electron chi connectivity index (χ1n) is 10.2. The van der Waals surface area contributed by atoms with E-state index in [0.717, 1.165) is 30.0 Å². The molecule has 0 unspecified atom stereocenters. The molecular formula is C20H28N4O3S. The average Bonchev–Trinajstić information content (AvgIpc) is 2.73. The van der Waals surface area contributed by atoms with E-state index >= 15 is 0 Å². The molecule has 28 heavy (non-hydrogen) atoms. The van der Waals surface area contributed by atoms with Crippen LogP contribution in [0.15, 0.2) is 16.9 Å². The number of fused-ring (bicyclic) bond motifs is 4. The molecule has 7 nitrogen and oxygen atoms in total. The first kappa shape index (κ1) is 19.4. The molecule has 0 radical (unpaired) electrons. The highest BCUT2D eigenvalue weighted by Gasteiger charge is 2.37. The van der Waals surface area contributed by atoms with Crippen molar-refractivity contribution in [3.8, 4) is 0 Å². The van der Waals surface area contributed by atoms with Crippen LogP contribution in [0, 0.1) is 5.92 Å². The fourth-order valence-corrected chi connectivity index (χ4v) is 5.46. The topological polar surface area (TPSA) is 74.7 Å².